The van der Waals surface area contributed by atoms with Crippen molar-refractivity contribution in [2.24, 2.45) is 0 Å². The molecular weight excluding hydrogens is 399 g/mol. The Kier molecular flexibility index (Phi) is 4.05. The topological polar surface area (TPSA) is 20.2 Å². The second kappa shape index (κ2) is 5.16. The summed E-state index contributed by atoms with van der Waals surface area (Å²) in [5, 5.41) is 12.3. The first-order valence-electron chi connectivity index (χ1n) is 4.76. The van der Waals surface area contributed by atoms with E-state index in [2.05, 4.69) is 38.5 Å². The fourth-order valence-electron chi connectivity index (χ4n) is 1.51. The smallest absolute Gasteiger partial charge is 0.106 e. The maximum atomic E-state index is 10.3. The van der Waals surface area contributed by atoms with Gasteiger partial charge in [-0.1, -0.05) is 15.9 Å². The number of aliphatic hydroxyl groups is 1. The quantitative estimate of drug-likeness (QED) is 0.725. The lowest BCUT2D eigenvalue weighted by Crippen LogP contribution is -1.99. The first-order valence-corrected chi connectivity index (χ1v) is 7.51. The Labute approximate surface area is 121 Å². The van der Waals surface area contributed by atoms with Crippen molar-refractivity contribution in [3.05, 3.63) is 53.7 Å². The van der Waals surface area contributed by atoms with Crippen molar-refractivity contribution in [1.29, 1.82) is 0 Å². The van der Waals surface area contributed by atoms with Crippen molar-refractivity contribution in [3.63, 3.8) is 0 Å². The molecule has 1 aromatic carbocycles. The zero-order valence-electron chi connectivity index (χ0n) is 8.58. The molecule has 1 aromatic heterocycles. The van der Waals surface area contributed by atoms with Gasteiger partial charge in [0.2, 0.25) is 0 Å². The highest BCUT2D eigenvalue weighted by atomic mass is 127. The lowest BCUT2D eigenvalue weighted by molar-refractivity contribution is 0.220. The highest BCUT2D eigenvalue weighted by Crippen LogP contribution is 2.31. The molecular formula is C12H10BrIOS. The Hall–Kier alpha value is 0.0900. The Morgan fingerprint density at radius 1 is 1.38 bits per heavy atom. The minimum atomic E-state index is -0.547. The number of halogens is 2. The number of benzene rings is 1. The van der Waals surface area contributed by atoms with Gasteiger partial charge in [0.15, 0.2) is 0 Å². The minimum Gasteiger partial charge on any atom is -0.384 e. The van der Waals surface area contributed by atoms with Crippen molar-refractivity contribution >= 4 is 49.9 Å². The normalized spacial score (nSPS) is 12.8. The van der Waals surface area contributed by atoms with E-state index in [0.29, 0.717) is 0 Å². The van der Waals surface area contributed by atoms with E-state index >= 15 is 0 Å². The van der Waals surface area contributed by atoms with E-state index in [1.165, 1.54) is 4.88 Å². The molecule has 0 fully saturated rings. The molecule has 0 bridgehead atoms. The van der Waals surface area contributed by atoms with E-state index in [0.717, 1.165) is 19.2 Å². The molecule has 1 nitrogen and oxygen atoms in total. The number of thiophene rings is 1. The van der Waals surface area contributed by atoms with Crippen LogP contribution in [-0.4, -0.2) is 5.11 Å². The van der Waals surface area contributed by atoms with Crippen LogP contribution >= 0.6 is 49.9 Å². The summed E-state index contributed by atoms with van der Waals surface area (Å²) in [7, 11) is 0. The fourth-order valence-corrected chi connectivity index (χ4v) is 3.21. The molecule has 0 amide bonds. The van der Waals surface area contributed by atoms with Crippen LogP contribution in [-0.2, 0) is 0 Å². The van der Waals surface area contributed by atoms with Gasteiger partial charge in [0.1, 0.15) is 6.10 Å². The van der Waals surface area contributed by atoms with E-state index < -0.39 is 6.10 Å². The SMILES string of the molecule is Cc1cc(C(O)c2cc(I)ccc2Br)cs1. The van der Waals surface area contributed by atoms with Crippen LogP contribution < -0.4 is 0 Å². The Morgan fingerprint density at radius 3 is 2.75 bits per heavy atom. The summed E-state index contributed by atoms with van der Waals surface area (Å²) >= 11 is 7.39. The van der Waals surface area contributed by atoms with Crippen molar-refractivity contribution in [3.8, 4) is 0 Å². The average Bonchev–Trinajstić information content (AvgIpc) is 2.67. The monoisotopic (exact) mass is 408 g/mol. The Bertz CT molecular complexity index is 509. The molecule has 2 aromatic rings. The number of aryl methyl sites for hydroxylation is 1. The molecule has 0 aliphatic heterocycles. The summed E-state index contributed by atoms with van der Waals surface area (Å²) in [6.45, 7) is 2.05. The summed E-state index contributed by atoms with van der Waals surface area (Å²) in [5.41, 5.74) is 1.88. The Balaban J connectivity index is 2.40. The van der Waals surface area contributed by atoms with Crippen LogP contribution in [0.25, 0.3) is 0 Å². The van der Waals surface area contributed by atoms with Crippen LogP contribution in [0.1, 0.15) is 22.1 Å². The van der Waals surface area contributed by atoms with Crippen LogP contribution in [0.4, 0.5) is 0 Å². The minimum absolute atomic E-state index is 0.547. The predicted octanol–water partition coefficient (Wildman–Crippen LogP) is 4.51. The third-order valence-corrected chi connectivity index (χ3v) is 4.59. The number of hydrogen-bond acceptors (Lipinski definition) is 2. The van der Waals surface area contributed by atoms with Gasteiger partial charge in [-0.3, -0.25) is 0 Å². The first-order chi connectivity index (χ1) is 7.58. The molecule has 0 aliphatic carbocycles. The Morgan fingerprint density at radius 2 is 2.12 bits per heavy atom. The van der Waals surface area contributed by atoms with E-state index in [9.17, 15) is 5.11 Å². The third-order valence-electron chi connectivity index (χ3n) is 2.32. The lowest BCUT2D eigenvalue weighted by atomic mass is 10.0. The largest absolute Gasteiger partial charge is 0.384 e. The van der Waals surface area contributed by atoms with Crippen LogP contribution in [0.2, 0.25) is 0 Å². The number of hydrogen-bond donors (Lipinski definition) is 1. The van der Waals surface area contributed by atoms with Crippen LogP contribution in [0.3, 0.4) is 0 Å². The molecule has 0 aliphatic rings. The molecule has 84 valence electrons. The third kappa shape index (κ3) is 2.67. The second-order valence-electron chi connectivity index (χ2n) is 3.56. The van der Waals surface area contributed by atoms with Gasteiger partial charge in [-0.2, -0.15) is 0 Å². The molecule has 0 radical (unpaired) electrons. The van der Waals surface area contributed by atoms with Crippen molar-refractivity contribution in [2.75, 3.05) is 0 Å². The summed E-state index contributed by atoms with van der Waals surface area (Å²) in [5.74, 6) is 0. The van der Waals surface area contributed by atoms with Gasteiger partial charge in [0.25, 0.3) is 0 Å². The molecule has 0 saturated carbocycles. The van der Waals surface area contributed by atoms with E-state index in [1.807, 2.05) is 36.6 Å². The molecule has 0 spiro atoms. The zero-order chi connectivity index (χ0) is 11.7. The summed E-state index contributed by atoms with van der Waals surface area (Å²) in [4.78, 5) is 1.22. The summed E-state index contributed by atoms with van der Waals surface area (Å²) in [6.07, 6.45) is -0.547. The molecule has 2 rings (SSSR count). The number of rotatable bonds is 2. The van der Waals surface area contributed by atoms with Gasteiger partial charge in [-0.15, -0.1) is 11.3 Å². The van der Waals surface area contributed by atoms with Gasteiger partial charge in [0, 0.05) is 18.5 Å². The van der Waals surface area contributed by atoms with Gasteiger partial charge in [0.05, 0.1) is 0 Å². The average molecular weight is 409 g/mol. The molecule has 4 heteroatoms. The van der Waals surface area contributed by atoms with Crippen LogP contribution in [0.5, 0.6) is 0 Å². The van der Waals surface area contributed by atoms with Crippen molar-refractivity contribution in [1.82, 2.24) is 0 Å². The van der Waals surface area contributed by atoms with Gasteiger partial charge in [-0.25, -0.2) is 0 Å². The highest BCUT2D eigenvalue weighted by molar-refractivity contribution is 14.1. The van der Waals surface area contributed by atoms with Crippen molar-refractivity contribution in [2.45, 2.75) is 13.0 Å². The van der Waals surface area contributed by atoms with Gasteiger partial charge < -0.3 is 5.11 Å². The second-order valence-corrected chi connectivity index (χ2v) is 6.77. The maximum Gasteiger partial charge on any atom is 0.106 e. The molecule has 1 atom stereocenters. The zero-order valence-corrected chi connectivity index (χ0v) is 13.1. The van der Waals surface area contributed by atoms with Crippen molar-refractivity contribution < 1.29 is 5.11 Å². The lowest BCUT2D eigenvalue weighted by Gasteiger charge is -2.11. The van der Waals surface area contributed by atoms with Crippen LogP contribution in [0, 0.1) is 10.5 Å². The maximum absolute atomic E-state index is 10.3. The van der Waals surface area contributed by atoms with Gasteiger partial charge >= 0.3 is 0 Å². The molecule has 1 heterocycles. The molecule has 16 heavy (non-hydrogen) atoms. The van der Waals surface area contributed by atoms with E-state index in [4.69, 9.17) is 0 Å². The van der Waals surface area contributed by atoms with E-state index in [1.54, 1.807) is 11.3 Å². The number of aliphatic hydroxyl groups excluding tert-OH is 1. The van der Waals surface area contributed by atoms with E-state index in [-0.39, 0.29) is 0 Å². The van der Waals surface area contributed by atoms with Crippen LogP contribution in [0.15, 0.2) is 34.1 Å². The standard InChI is InChI=1S/C12H10BrIOS/c1-7-4-8(6-16-7)12(15)10-5-9(14)2-3-11(10)13/h2-6,12,15H,1H3. The fraction of sp³-hybridized carbons (Fsp3) is 0.167. The first kappa shape index (κ1) is 12.5. The predicted molar refractivity (Wildman–Crippen MR) is 80.0 cm³/mol. The molecule has 1 unspecified atom stereocenters. The molecule has 1 N–H and O–H groups in total. The molecule has 0 saturated heterocycles. The van der Waals surface area contributed by atoms with Gasteiger partial charge in [-0.05, 0) is 64.7 Å². The summed E-state index contributed by atoms with van der Waals surface area (Å²) in [6, 6.07) is 8.02. The summed E-state index contributed by atoms with van der Waals surface area (Å²) < 4.78 is 2.08. The highest BCUT2D eigenvalue weighted by Gasteiger charge is 2.15.